The SMILES string of the molecule is Cc1cccnc1CNc1nnc(-c2cc(Cl)cc(Cl)c2)s1. The highest BCUT2D eigenvalue weighted by Crippen LogP contribution is 2.31. The zero-order chi connectivity index (χ0) is 15.5. The van der Waals surface area contributed by atoms with E-state index in [4.69, 9.17) is 23.2 Å². The molecule has 0 fully saturated rings. The summed E-state index contributed by atoms with van der Waals surface area (Å²) in [5.41, 5.74) is 2.99. The molecule has 7 heteroatoms. The molecule has 0 aliphatic heterocycles. The van der Waals surface area contributed by atoms with Crippen LogP contribution in [0.2, 0.25) is 10.0 Å². The van der Waals surface area contributed by atoms with E-state index in [-0.39, 0.29) is 0 Å². The molecule has 0 saturated carbocycles. The number of hydrogen-bond acceptors (Lipinski definition) is 5. The summed E-state index contributed by atoms with van der Waals surface area (Å²) in [7, 11) is 0. The van der Waals surface area contributed by atoms with Crippen LogP contribution >= 0.6 is 34.5 Å². The summed E-state index contributed by atoms with van der Waals surface area (Å²) in [5.74, 6) is 0. The van der Waals surface area contributed by atoms with E-state index >= 15 is 0 Å². The lowest BCUT2D eigenvalue weighted by Gasteiger charge is -2.04. The Bertz CT molecular complexity index is 783. The minimum Gasteiger partial charge on any atom is -0.354 e. The standard InChI is InChI=1S/C15H12Cl2N4S/c1-9-3-2-4-18-13(9)8-19-15-21-20-14(22-15)10-5-11(16)7-12(17)6-10/h2-7H,8H2,1H3,(H,19,21). The van der Waals surface area contributed by atoms with Gasteiger partial charge in [-0.3, -0.25) is 4.98 Å². The smallest absolute Gasteiger partial charge is 0.206 e. The average molecular weight is 351 g/mol. The predicted octanol–water partition coefficient (Wildman–Crippen LogP) is 4.83. The zero-order valence-corrected chi connectivity index (χ0v) is 14.0. The van der Waals surface area contributed by atoms with Gasteiger partial charge in [0.25, 0.3) is 0 Å². The number of halogens is 2. The van der Waals surface area contributed by atoms with E-state index in [1.165, 1.54) is 11.3 Å². The van der Waals surface area contributed by atoms with Crippen molar-refractivity contribution in [1.82, 2.24) is 15.2 Å². The average Bonchev–Trinajstić information content (AvgIpc) is 2.94. The lowest BCUT2D eigenvalue weighted by Crippen LogP contribution is -2.03. The molecule has 2 heterocycles. The van der Waals surface area contributed by atoms with Gasteiger partial charge in [-0.05, 0) is 36.8 Å². The van der Waals surface area contributed by atoms with Gasteiger partial charge in [0.05, 0.1) is 12.2 Å². The van der Waals surface area contributed by atoms with Crippen LogP contribution in [0.1, 0.15) is 11.3 Å². The molecule has 0 bridgehead atoms. The maximum Gasteiger partial charge on any atom is 0.206 e. The third-order valence-corrected chi connectivity index (χ3v) is 4.43. The molecule has 0 spiro atoms. The van der Waals surface area contributed by atoms with Crippen LogP contribution in [0.3, 0.4) is 0 Å². The minimum atomic E-state index is 0.580. The molecule has 3 aromatic rings. The fourth-order valence-electron chi connectivity index (χ4n) is 1.95. The van der Waals surface area contributed by atoms with E-state index < -0.39 is 0 Å². The van der Waals surface area contributed by atoms with Gasteiger partial charge >= 0.3 is 0 Å². The Hall–Kier alpha value is -1.69. The number of aromatic nitrogens is 3. The molecular weight excluding hydrogens is 339 g/mol. The van der Waals surface area contributed by atoms with E-state index in [9.17, 15) is 0 Å². The van der Waals surface area contributed by atoms with Crippen LogP contribution in [0, 0.1) is 6.92 Å². The second-order valence-corrected chi connectivity index (χ2v) is 6.54. The molecule has 0 aliphatic carbocycles. The Morgan fingerprint density at radius 3 is 2.64 bits per heavy atom. The fourth-order valence-corrected chi connectivity index (χ4v) is 3.20. The number of aryl methyl sites for hydroxylation is 1. The van der Waals surface area contributed by atoms with Gasteiger partial charge in [-0.2, -0.15) is 0 Å². The highest BCUT2D eigenvalue weighted by Gasteiger charge is 2.09. The predicted molar refractivity (Wildman–Crippen MR) is 91.7 cm³/mol. The van der Waals surface area contributed by atoms with E-state index in [0.29, 0.717) is 16.6 Å². The van der Waals surface area contributed by atoms with Gasteiger partial charge in [-0.1, -0.05) is 40.6 Å². The second-order valence-electron chi connectivity index (χ2n) is 4.69. The summed E-state index contributed by atoms with van der Waals surface area (Å²) in [6, 6.07) is 9.28. The highest BCUT2D eigenvalue weighted by atomic mass is 35.5. The van der Waals surface area contributed by atoms with E-state index in [1.807, 2.05) is 31.2 Å². The molecule has 0 aliphatic rings. The van der Waals surface area contributed by atoms with Crippen molar-refractivity contribution in [2.75, 3.05) is 5.32 Å². The molecule has 1 aromatic carbocycles. The molecule has 0 radical (unpaired) electrons. The molecule has 112 valence electrons. The highest BCUT2D eigenvalue weighted by molar-refractivity contribution is 7.18. The summed E-state index contributed by atoms with van der Waals surface area (Å²) in [5, 5.41) is 14.2. The van der Waals surface area contributed by atoms with E-state index in [1.54, 1.807) is 12.3 Å². The van der Waals surface area contributed by atoms with E-state index in [2.05, 4.69) is 20.5 Å². The maximum absolute atomic E-state index is 6.01. The van der Waals surface area contributed by atoms with Gasteiger partial charge in [-0.25, -0.2) is 0 Å². The first-order valence-electron chi connectivity index (χ1n) is 6.56. The van der Waals surface area contributed by atoms with Crippen molar-refractivity contribution in [1.29, 1.82) is 0 Å². The molecule has 22 heavy (non-hydrogen) atoms. The molecule has 1 N–H and O–H groups in total. The number of nitrogens with one attached hydrogen (secondary N) is 1. The Balaban J connectivity index is 1.75. The number of hydrogen-bond donors (Lipinski definition) is 1. The second kappa shape index (κ2) is 6.60. The molecule has 0 amide bonds. The van der Waals surface area contributed by atoms with Gasteiger partial charge in [0.15, 0.2) is 0 Å². The van der Waals surface area contributed by atoms with Gasteiger partial charge in [0, 0.05) is 21.8 Å². The van der Waals surface area contributed by atoms with Crippen molar-refractivity contribution < 1.29 is 0 Å². The van der Waals surface area contributed by atoms with Crippen molar-refractivity contribution >= 4 is 39.7 Å². The number of nitrogens with zero attached hydrogens (tertiary/aromatic N) is 3. The first kappa shape index (κ1) is 15.2. The van der Waals surface area contributed by atoms with Crippen molar-refractivity contribution in [2.24, 2.45) is 0 Å². The first-order chi connectivity index (χ1) is 10.6. The summed E-state index contributed by atoms with van der Waals surface area (Å²) in [6.07, 6.45) is 1.78. The lowest BCUT2D eigenvalue weighted by molar-refractivity contribution is 0.995. The monoisotopic (exact) mass is 350 g/mol. The van der Waals surface area contributed by atoms with Crippen LogP contribution in [0.5, 0.6) is 0 Å². The summed E-state index contributed by atoms with van der Waals surface area (Å²) >= 11 is 13.5. The number of rotatable bonds is 4. The molecule has 2 aromatic heterocycles. The third-order valence-electron chi connectivity index (χ3n) is 3.06. The molecule has 0 atom stereocenters. The Morgan fingerprint density at radius 1 is 1.14 bits per heavy atom. The van der Waals surface area contributed by atoms with Gasteiger partial charge < -0.3 is 5.32 Å². The Morgan fingerprint density at radius 2 is 1.91 bits per heavy atom. The Kier molecular flexibility index (Phi) is 4.57. The first-order valence-corrected chi connectivity index (χ1v) is 8.13. The normalized spacial score (nSPS) is 10.7. The van der Waals surface area contributed by atoms with Crippen LogP contribution in [-0.4, -0.2) is 15.2 Å². The lowest BCUT2D eigenvalue weighted by atomic mass is 10.2. The molecular formula is C15H12Cl2N4S. The quantitative estimate of drug-likeness (QED) is 0.732. The van der Waals surface area contributed by atoms with Crippen LogP contribution < -0.4 is 5.32 Å². The van der Waals surface area contributed by atoms with Gasteiger partial charge in [0.1, 0.15) is 5.01 Å². The zero-order valence-electron chi connectivity index (χ0n) is 11.7. The summed E-state index contributed by atoms with van der Waals surface area (Å²) < 4.78 is 0. The molecule has 4 nitrogen and oxygen atoms in total. The Labute approximate surface area is 142 Å². The number of anilines is 1. The maximum atomic E-state index is 6.01. The molecule has 0 unspecified atom stereocenters. The van der Waals surface area contributed by atoms with Crippen LogP contribution in [0.25, 0.3) is 10.6 Å². The van der Waals surface area contributed by atoms with Crippen LogP contribution in [-0.2, 0) is 6.54 Å². The minimum absolute atomic E-state index is 0.580. The topological polar surface area (TPSA) is 50.7 Å². The van der Waals surface area contributed by atoms with Crippen molar-refractivity contribution in [3.8, 4) is 10.6 Å². The number of benzene rings is 1. The van der Waals surface area contributed by atoms with Crippen molar-refractivity contribution in [2.45, 2.75) is 13.5 Å². The third kappa shape index (κ3) is 3.55. The fraction of sp³-hybridized carbons (Fsp3) is 0.133. The summed E-state index contributed by atoms with van der Waals surface area (Å²) in [4.78, 5) is 4.34. The van der Waals surface area contributed by atoms with Gasteiger partial charge in [-0.15, -0.1) is 10.2 Å². The number of pyridine rings is 1. The summed E-state index contributed by atoms with van der Waals surface area (Å²) in [6.45, 7) is 2.64. The van der Waals surface area contributed by atoms with E-state index in [0.717, 1.165) is 27.0 Å². The van der Waals surface area contributed by atoms with Crippen molar-refractivity contribution in [3.63, 3.8) is 0 Å². The van der Waals surface area contributed by atoms with Crippen molar-refractivity contribution in [3.05, 3.63) is 57.8 Å². The molecule has 0 saturated heterocycles. The largest absolute Gasteiger partial charge is 0.354 e. The van der Waals surface area contributed by atoms with Gasteiger partial charge in [0.2, 0.25) is 5.13 Å². The van der Waals surface area contributed by atoms with Crippen LogP contribution in [0.15, 0.2) is 36.5 Å². The molecule has 3 rings (SSSR count). The van der Waals surface area contributed by atoms with Crippen LogP contribution in [0.4, 0.5) is 5.13 Å².